The van der Waals surface area contributed by atoms with Gasteiger partial charge >= 0.3 is 27.3 Å². The van der Waals surface area contributed by atoms with Crippen molar-refractivity contribution in [2.45, 2.75) is 0 Å². The zero-order valence-electron chi connectivity index (χ0n) is 5.51. The number of carboxylic acid groups (broad SMARTS) is 2. The minimum absolute atomic E-state index is 0. The summed E-state index contributed by atoms with van der Waals surface area (Å²) in [5.74, 6) is -2.02. The number of carbonyl (C=O) groups excluding carboxylic acids is 2. The summed E-state index contributed by atoms with van der Waals surface area (Å²) in [6, 6.07) is 0. The van der Waals surface area contributed by atoms with E-state index in [-0.39, 0.29) is 36.2 Å². The van der Waals surface area contributed by atoms with Gasteiger partial charge in [-0.2, -0.15) is 0 Å². The molecule has 11 heavy (non-hydrogen) atoms. The van der Waals surface area contributed by atoms with Gasteiger partial charge in [0.2, 0.25) is 0 Å². The van der Waals surface area contributed by atoms with Crippen LogP contribution in [0.3, 0.4) is 0 Å². The third kappa shape index (κ3) is 34.7. The summed E-state index contributed by atoms with van der Waals surface area (Å²) in [4.78, 5) is 18.5. The Balaban J connectivity index is -0.000000107. The van der Waals surface area contributed by atoms with Crippen molar-refractivity contribution in [1.82, 2.24) is 0 Å². The van der Waals surface area contributed by atoms with Crippen molar-refractivity contribution in [3.05, 3.63) is 0 Å². The zero-order valence-corrected chi connectivity index (χ0v) is 13.9. The maximum absolute atomic E-state index is 9.25. The molecule has 0 aliphatic rings. The molecule has 0 bridgehead atoms. The quantitative estimate of drug-likeness (QED) is 0.268. The number of hydrogen-bond acceptors (Lipinski definition) is 4. The second-order valence-electron chi connectivity index (χ2n) is 1.01. The van der Waals surface area contributed by atoms with Crippen LogP contribution < -0.4 is 10.2 Å². The Labute approximate surface area is 112 Å². The minimum Gasteiger partial charge on any atom is -0.549 e. The Hall–Kier alpha value is 1.32. The fraction of sp³-hybridized carbons (Fsp3) is 0.500. The fourth-order valence-electron chi connectivity index (χ4n) is 0. The molecule has 0 amide bonds. The van der Waals surface area contributed by atoms with Crippen LogP contribution in [0.5, 0.6) is 0 Å². The Morgan fingerprint density at radius 1 is 1.00 bits per heavy atom. The monoisotopic (exact) mass is 484 g/mol. The van der Waals surface area contributed by atoms with Gasteiger partial charge in [0.05, 0.1) is 11.9 Å². The second-order valence-corrected chi connectivity index (χ2v) is 2.54. The number of aliphatic carboxylic acids is 2. The van der Waals surface area contributed by atoms with Crippen molar-refractivity contribution in [1.29, 1.82) is 0 Å². The number of carboxylic acids is 2. The summed E-state index contributed by atoms with van der Waals surface area (Å²) < 4.78 is 0.162. The van der Waals surface area contributed by atoms with E-state index in [9.17, 15) is 19.8 Å². The minimum atomic E-state index is -1.01. The number of rotatable bonds is 2. The van der Waals surface area contributed by atoms with E-state index >= 15 is 0 Å². The van der Waals surface area contributed by atoms with E-state index in [1.807, 2.05) is 0 Å². The largest absolute Gasteiger partial charge is 2.00 e. The third-order valence-electron chi connectivity index (χ3n) is 0.218. The molecule has 0 radical (unpaired) electrons. The summed E-state index contributed by atoms with van der Waals surface area (Å²) in [6.45, 7) is 0. The molecule has 0 aromatic heterocycles. The van der Waals surface area contributed by atoms with Crippen LogP contribution in [0.15, 0.2) is 0 Å². The van der Waals surface area contributed by atoms with E-state index < -0.39 is 11.9 Å². The zero-order chi connectivity index (χ0) is 8.57. The van der Waals surface area contributed by atoms with Crippen LogP contribution in [0, 0.1) is 0 Å². The molecule has 0 aromatic carbocycles. The predicted molar refractivity (Wildman–Crippen MR) is 47.8 cm³/mol. The molecule has 0 N–H and O–H groups in total. The van der Waals surface area contributed by atoms with Gasteiger partial charge in [0.25, 0.3) is 0 Å². The summed E-state index contributed by atoms with van der Waals surface area (Å²) in [6.07, 6.45) is 0. The molecule has 0 saturated carbocycles. The van der Waals surface area contributed by atoms with Crippen LogP contribution >= 0.6 is 45.2 Å². The smallest absolute Gasteiger partial charge is 0.549 e. The molecule has 0 atom stereocenters. The fourth-order valence-corrected chi connectivity index (χ4v) is 0. The third-order valence-corrected chi connectivity index (χ3v) is 1.46. The van der Waals surface area contributed by atoms with E-state index in [4.69, 9.17) is 0 Å². The molecule has 0 rings (SSSR count). The molecule has 4 nitrogen and oxygen atoms in total. The van der Waals surface area contributed by atoms with Gasteiger partial charge in [0.1, 0.15) is 0 Å². The first-order valence-corrected chi connectivity index (χ1v) is 5.11. The summed E-state index contributed by atoms with van der Waals surface area (Å²) in [5, 5.41) is 18.5. The van der Waals surface area contributed by atoms with Crippen molar-refractivity contribution < 1.29 is 47.1 Å². The van der Waals surface area contributed by atoms with E-state index in [1.165, 1.54) is 0 Å². The molecule has 7 heteroatoms. The Morgan fingerprint density at radius 3 is 1.09 bits per heavy atom. The molecule has 0 saturated heterocycles. The van der Waals surface area contributed by atoms with Crippen molar-refractivity contribution in [3.8, 4) is 0 Å². The average molecular weight is 482 g/mol. The van der Waals surface area contributed by atoms with Gasteiger partial charge in [-0.1, -0.05) is 45.2 Å². The maximum atomic E-state index is 9.25. The summed E-state index contributed by atoms with van der Waals surface area (Å²) >= 11 is 3.43. The second kappa shape index (κ2) is 13.9. The predicted octanol–water partition coefficient (Wildman–Crippen LogP) is -1.66. The molecule has 0 heterocycles. The van der Waals surface area contributed by atoms with Crippen LogP contribution in [0.2, 0.25) is 0 Å². The molecule has 0 aliphatic heterocycles. The summed E-state index contributed by atoms with van der Waals surface area (Å²) in [7, 11) is 0. The maximum Gasteiger partial charge on any atom is 2.00 e. The number of halogens is 2. The van der Waals surface area contributed by atoms with Crippen molar-refractivity contribution in [3.63, 3.8) is 0 Å². The van der Waals surface area contributed by atoms with Gasteiger partial charge in [-0.05, 0) is 0 Å². The Bertz CT molecular complexity index is 105. The topological polar surface area (TPSA) is 80.3 Å². The van der Waals surface area contributed by atoms with E-state index in [0.717, 1.165) is 0 Å². The van der Waals surface area contributed by atoms with Crippen molar-refractivity contribution in [2.75, 3.05) is 8.86 Å². The first-order valence-electron chi connectivity index (χ1n) is 2.06. The molecule has 0 aromatic rings. The van der Waals surface area contributed by atoms with E-state index in [1.54, 1.807) is 45.2 Å². The van der Waals surface area contributed by atoms with Crippen LogP contribution in [-0.2, 0) is 36.9 Å². The van der Waals surface area contributed by atoms with E-state index in [0.29, 0.717) is 0 Å². The number of alkyl halides is 2. The van der Waals surface area contributed by atoms with E-state index in [2.05, 4.69) is 0 Å². The normalized spacial score (nSPS) is 6.73. The van der Waals surface area contributed by atoms with Gasteiger partial charge in [0, 0.05) is 8.86 Å². The van der Waals surface area contributed by atoms with Gasteiger partial charge in [-0.15, -0.1) is 0 Å². The van der Waals surface area contributed by atoms with Crippen LogP contribution in [0.25, 0.3) is 0 Å². The van der Waals surface area contributed by atoms with Crippen molar-refractivity contribution >= 4 is 57.1 Å². The van der Waals surface area contributed by atoms with Gasteiger partial charge in [-0.3, -0.25) is 0 Å². The Kier molecular flexibility index (Phi) is 22.9. The van der Waals surface area contributed by atoms with Crippen molar-refractivity contribution in [2.24, 2.45) is 0 Å². The first kappa shape index (κ1) is 18.2. The SMILES string of the molecule is O=C([O-])CI.O=C([O-])CI.[Cd+2]. The molecule has 0 aliphatic carbocycles. The van der Waals surface area contributed by atoms with Crippen LogP contribution in [0.1, 0.15) is 0 Å². The first-order chi connectivity index (χ1) is 4.54. The summed E-state index contributed by atoms with van der Waals surface area (Å²) in [5.41, 5.74) is 0. The average Bonchev–Trinajstić information content (AvgIpc) is 1.89. The molecule has 0 fully saturated rings. The Morgan fingerprint density at radius 2 is 1.09 bits per heavy atom. The van der Waals surface area contributed by atoms with Crippen LogP contribution in [0.4, 0.5) is 0 Å². The van der Waals surface area contributed by atoms with Gasteiger partial charge < -0.3 is 19.8 Å². The van der Waals surface area contributed by atoms with Gasteiger partial charge in [0.15, 0.2) is 0 Å². The molecule has 0 unspecified atom stereocenters. The standard InChI is InChI=1S/2C2H3IO2.Cd/c2*3-1-2(4)5;/h2*1H2,(H,4,5);/q;;+2/p-2. The molecular weight excluding hydrogens is 478 g/mol. The number of hydrogen-bond donors (Lipinski definition) is 0. The molecule has 0 spiro atoms. The number of carbonyl (C=O) groups is 2. The molecule has 60 valence electrons. The van der Waals surface area contributed by atoms with Crippen LogP contribution in [-0.4, -0.2) is 20.8 Å². The van der Waals surface area contributed by atoms with Gasteiger partial charge in [-0.25, -0.2) is 0 Å². The molecular formula is C4H4CdI2O4.